The average Bonchev–Trinajstić information content (AvgIpc) is 3.95. The number of methoxy groups -OCH3 is 1. The molecular formula is C46H55F2N9O4. The van der Waals surface area contributed by atoms with Gasteiger partial charge >= 0.3 is 0 Å². The number of piperidine rings is 2. The number of hydrogen-bond acceptors (Lipinski definition) is 8. The number of fused-ring (bicyclic) bond motifs is 1. The minimum Gasteiger partial charge on any atom is -0.495 e. The van der Waals surface area contributed by atoms with Crippen LogP contribution in [-0.2, 0) is 20.9 Å². The molecule has 13 nitrogen and oxygen atoms in total. The summed E-state index contributed by atoms with van der Waals surface area (Å²) in [6, 6.07) is 16.7. The van der Waals surface area contributed by atoms with Crippen molar-refractivity contribution in [3.63, 3.8) is 0 Å². The molecule has 3 aliphatic heterocycles. The van der Waals surface area contributed by atoms with Gasteiger partial charge in [-0.15, -0.1) is 5.10 Å². The summed E-state index contributed by atoms with van der Waals surface area (Å²) < 4.78 is 37.3. The highest BCUT2D eigenvalue weighted by Crippen LogP contribution is 2.37. The van der Waals surface area contributed by atoms with Gasteiger partial charge in [0.15, 0.2) is 5.82 Å². The maximum Gasteiger partial charge on any atom is 0.246 e. The number of allylic oxidation sites excluding steroid dienone is 1. The standard InChI is InChI=1S/C25H24FN5O.C18H24FN3O2.C3H7NO/c1-17-14-22-20(18-6-3-2-4-7-18)15-21(24(26)25(22)28-17)19-8-5-11-30(16-19)23(32)9-12-31-13-10-27-29-31;1-12-6-7-14(18(23)20-12)21-15-10-13(19)16(11-17(15)24-2)22-8-4-3-5-9-22;1-4(2)3-5/h2-4,6-8,10,13-15,28H,5,9,11-12,16H2,1H3;10-11,14,21H,1,3-9H2,2H3,(H,20,23);3H,1-2H3. The summed E-state index contributed by atoms with van der Waals surface area (Å²) in [5, 5.41) is 14.4. The van der Waals surface area contributed by atoms with Crippen molar-refractivity contribution < 1.29 is 27.9 Å². The maximum absolute atomic E-state index is 15.6. The Labute approximate surface area is 355 Å². The number of ether oxygens (including phenoxy) is 1. The fourth-order valence-electron chi connectivity index (χ4n) is 7.66. The minimum absolute atomic E-state index is 0.0339. The molecule has 3 N–H and O–H groups in total. The van der Waals surface area contributed by atoms with Gasteiger partial charge in [0.1, 0.15) is 17.6 Å². The average molecular weight is 836 g/mol. The van der Waals surface area contributed by atoms with Gasteiger partial charge in [0.25, 0.3) is 0 Å². The molecule has 0 spiro atoms. The SMILES string of the molecule is C=C1CCC(Nc2cc(F)c(N3CCCCC3)cc2OC)C(=O)N1.CN(C)C=O.Cc1cc2c(-c3ccccc3)cc(C3=CCCN(C(=O)CCn4ccnn4)C3)c(F)c2[nH]1. The molecule has 15 heteroatoms. The van der Waals surface area contributed by atoms with Crippen molar-refractivity contribution in [2.45, 2.75) is 64.5 Å². The molecule has 2 fully saturated rings. The Morgan fingerprint density at radius 2 is 1.82 bits per heavy atom. The van der Waals surface area contributed by atoms with Gasteiger partial charge in [0.2, 0.25) is 18.2 Å². The summed E-state index contributed by atoms with van der Waals surface area (Å²) in [5.41, 5.74) is 6.62. The Balaban J connectivity index is 0.000000190. The molecule has 0 saturated carbocycles. The Hall–Kier alpha value is -6.51. The largest absolute Gasteiger partial charge is 0.495 e. The summed E-state index contributed by atoms with van der Waals surface area (Å²) in [6.45, 7) is 8.94. The third-order valence-electron chi connectivity index (χ3n) is 10.8. The Morgan fingerprint density at radius 3 is 2.49 bits per heavy atom. The normalized spacial score (nSPS) is 16.4. The topological polar surface area (TPSA) is 141 Å². The van der Waals surface area contributed by atoms with Gasteiger partial charge < -0.3 is 35.1 Å². The van der Waals surface area contributed by atoms with Crippen LogP contribution in [0, 0.1) is 18.6 Å². The zero-order valence-electron chi connectivity index (χ0n) is 35.3. The molecule has 0 aliphatic carbocycles. The van der Waals surface area contributed by atoms with Crippen LogP contribution < -0.4 is 20.3 Å². The Kier molecular flexibility index (Phi) is 14.9. The van der Waals surface area contributed by atoms with Crippen LogP contribution in [0.25, 0.3) is 27.6 Å². The van der Waals surface area contributed by atoms with E-state index < -0.39 is 6.04 Å². The number of aromatic amines is 1. The molecule has 8 rings (SSSR count). The highest BCUT2D eigenvalue weighted by atomic mass is 19.1. The van der Waals surface area contributed by atoms with E-state index in [9.17, 15) is 18.8 Å². The van der Waals surface area contributed by atoms with E-state index in [0.717, 1.165) is 65.8 Å². The summed E-state index contributed by atoms with van der Waals surface area (Å²) in [6.07, 6.45) is 11.9. The number of aryl methyl sites for hydroxylation is 2. The lowest BCUT2D eigenvalue weighted by Gasteiger charge is -2.30. The number of amides is 3. The highest BCUT2D eigenvalue weighted by molar-refractivity contribution is 5.99. The summed E-state index contributed by atoms with van der Waals surface area (Å²) >= 11 is 0. The number of carbonyl (C=O) groups excluding carboxylic acids is 3. The van der Waals surface area contributed by atoms with Crippen LogP contribution in [-0.4, -0.2) is 101 Å². The first kappa shape index (κ1) is 44.1. The van der Waals surface area contributed by atoms with Crippen molar-refractivity contribution in [3.05, 3.63) is 108 Å². The summed E-state index contributed by atoms with van der Waals surface area (Å²) in [5.74, 6) is -0.119. The molecule has 5 aromatic rings. The van der Waals surface area contributed by atoms with Crippen LogP contribution in [0.2, 0.25) is 0 Å². The Bertz CT molecular complexity index is 2340. The van der Waals surface area contributed by atoms with E-state index in [1.807, 2.05) is 49.4 Å². The highest BCUT2D eigenvalue weighted by Gasteiger charge is 2.27. The van der Waals surface area contributed by atoms with Gasteiger partial charge in [-0.3, -0.25) is 19.1 Å². The first-order chi connectivity index (χ1) is 29.4. The molecule has 61 heavy (non-hydrogen) atoms. The fourth-order valence-corrected chi connectivity index (χ4v) is 7.66. The van der Waals surface area contributed by atoms with Gasteiger partial charge in [-0.1, -0.05) is 48.2 Å². The van der Waals surface area contributed by atoms with Crippen molar-refractivity contribution in [2.24, 2.45) is 0 Å². The van der Waals surface area contributed by atoms with E-state index in [4.69, 9.17) is 4.74 Å². The lowest BCUT2D eigenvalue weighted by molar-refractivity contribution is -0.131. The smallest absolute Gasteiger partial charge is 0.246 e. The van der Waals surface area contributed by atoms with Crippen molar-refractivity contribution >= 4 is 46.1 Å². The molecule has 1 unspecified atom stereocenters. The van der Waals surface area contributed by atoms with Gasteiger partial charge in [0, 0.05) is 87.4 Å². The Morgan fingerprint density at radius 1 is 1.07 bits per heavy atom. The molecule has 3 amide bonds. The molecule has 3 aromatic carbocycles. The van der Waals surface area contributed by atoms with Crippen molar-refractivity contribution in [1.82, 2.24) is 35.1 Å². The van der Waals surface area contributed by atoms with E-state index >= 15 is 4.39 Å². The quantitative estimate of drug-likeness (QED) is 0.125. The van der Waals surface area contributed by atoms with E-state index in [2.05, 4.69) is 43.5 Å². The number of benzene rings is 3. The second kappa shape index (κ2) is 20.6. The van der Waals surface area contributed by atoms with Crippen LogP contribution in [0.5, 0.6) is 5.75 Å². The predicted molar refractivity (Wildman–Crippen MR) is 235 cm³/mol. The lowest BCUT2D eigenvalue weighted by Crippen LogP contribution is -2.43. The van der Waals surface area contributed by atoms with E-state index in [1.54, 1.807) is 49.2 Å². The fraction of sp³-hybridized carbons (Fsp3) is 0.370. The number of rotatable bonds is 10. The number of nitrogens with one attached hydrogen (secondary N) is 3. The number of halogens is 2. The molecule has 0 radical (unpaired) electrons. The molecule has 5 heterocycles. The van der Waals surface area contributed by atoms with E-state index in [1.165, 1.54) is 17.4 Å². The molecule has 0 bridgehead atoms. The first-order valence-corrected chi connectivity index (χ1v) is 20.6. The monoisotopic (exact) mass is 835 g/mol. The number of aromatic nitrogens is 4. The van der Waals surface area contributed by atoms with Gasteiger partial charge in [0.05, 0.1) is 36.7 Å². The molecule has 3 aliphatic rings. The van der Waals surface area contributed by atoms with Crippen LogP contribution in [0.15, 0.2) is 85.3 Å². The molecule has 2 saturated heterocycles. The lowest BCUT2D eigenvalue weighted by atomic mass is 9.93. The van der Waals surface area contributed by atoms with Crippen LogP contribution >= 0.6 is 0 Å². The minimum atomic E-state index is -0.412. The summed E-state index contributed by atoms with van der Waals surface area (Å²) in [7, 11) is 4.93. The number of carbonyl (C=O) groups is 3. The molecule has 1 atom stereocenters. The zero-order valence-corrected chi connectivity index (χ0v) is 35.3. The number of H-pyrrole nitrogens is 1. The number of anilines is 2. The van der Waals surface area contributed by atoms with Gasteiger partial charge in [-0.25, -0.2) is 8.78 Å². The van der Waals surface area contributed by atoms with E-state index in [-0.39, 0.29) is 23.4 Å². The second-order valence-electron chi connectivity index (χ2n) is 15.6. The number of hydrogen-bond donors (Lipinski definition) is 3. The first-order valence-electron chi connectivity index (χ1n) is 20.6. The predicted octanol–water partition coefficient (Wildman–Crippen LogP) is 7.31. The van der Waals surface area contributed by atoms with Crippen molar-refractivity contribution in [1.29, 1.82) is 0 Å². The van der Waals surface area contributed by atoms with Crippen LogP contribution in [0.1, 0.15) is 56.2 Å². The van der Waals surface area contributed by atoms with Gasteiger partial charge in [-0.2, -0.15) is 0 Å². The third kappa shape index (κ3) is 11.2. The zero-order chi connectivity index (χ0) is 43.5. The maximum atomic E-state index is 15.6. The molecule has 322 valence electrons. The van der Waals surface area contributed by atoms with Crippen molar-refractivity contribution in [3.8, 4) is 16.9 Å². The summed E-state index contributed by atoms with van der Waals surface area (Å²) in [4.78, 5) is 42.8. The molecular weight excluding hydrogens is 781 g/mol. The number of nitrogens with zero attached hydrogens (tertiary/aromatic N) is 6. The van der Waals surface area contributed by atoms with Crippen molar-refractivity contribution in [2.75, 3.05) is 57.6 Å². The van der Waals surface area contributed by atoms with Gasteiger partial charge in [-0.05, 0) is 74.3 Å². The molecule has 2 aromatic heterocycles. The second-order valence-corrected chi connectivity index (χ2v) is 15.6. The van der Waals surface area contributed by atoms with Crippen LogP contribution in [0.3, 0.4) is 0 Å². The third-order valence-corrected chi connectivity index (χ3v) is 10.8. The van der Waals surface area contributed by atoms with Crippen LogP contribution in [0.4, 0.5) is 20.2 Å². The van der Waals surface area contributed by atoms with E-state index in [0.29, 0.717) is 73.5 Å².